The lowest BCUT2D eigenvalue weighted by atomic mass is 9.98. The van der Waals surface area contributed by atoms with Crippen LogP contribution in [0.1, 0.15) is 5.56 Å². The largest absolute Gasteiger partial charge is 0.0837 e. The second kappa shape index (κ2) is 3.90. The van der Waals surface area contributed by atoms with Gasteiger partial charge in [-0.2, -0.15) is 0 Å². The van der Waals surface area contributed by atoms with E-state index in [4.69, 9.17) is 23.2 Å². The Balaban J connectivity index is 2.63. The summed E-state index contributed by atoms with van der Waals surface area (Å²) in [5.41, 5.74) is 1.19. The Labute approximate surface area is 110 Å². The van der Waals surface area contributed by atoms with Crippen LogP contribution in [0.5, 0.6) is 0 Å². The van der Waals surface area contributed by atoms with Crippen LogP contribution in [-0.2, 0) is 0 Å². The highest BCUT2D eigenvalue weighted by molar-refractivity contribution is 6.38. The normalized spacial score (nSPS) is 11.2. The summed E-state index contributed by atoms with van der Waals surface area (Å²) < 4.78 is 0. The van der Waals surface area contributed by atoms with Gasteiger partial charge in [-0.05, 0) is 41.5 Å². The van der Waals surface area contributed by atoms with E-state index in [2.05, 4.69) is 25.1 Å². The minimum Gasteiger partial charge on any atom is -0.0837 e. The Hall–Kier alpha value is -1.24. The number of benzene rings is 3. The number of rotatable bonds is 0. The lowest BCUT2D eigenvalue weighted by Gasteiger charge is -2.10. The van der Waals surface area contributed by atoms with Crippen molar-refractivity contribution in [3.8, 4) is 0 Å². The van der Waals surface area contributed by atoms with Crippen molar-refractivity contribution in [2.24, 2.45) is 0 Å². The van der Waals surface area contributed by atoms with Gasteiger partial charge in [0.05, 0.1) is 0 Å². The van der Waals surface area contributed by atoms with Gasteiger partial charge in [0.25, 0.3) is 0 Å². The van der Waals surface area contributed by atoms with Gasteiger partial charge in [-0.3, -0.25) is 0 Å². The molecule has 3 rings (SSSR count). The molecule has 0 saturated heterocycles. The summed E-state index contributed by atoms with van der Waals surface area (Å²) in [5.74, 6) is 0. The zero-order chi connectivity index (χ0) is 12.0. The summed E-state index contributed by atoms with van der Waals surface area (Å²) in [6.07, 6.45) is 0. The van der Waals surface area contributed by atoms with Crippen LogP contribution >= 0.6 is 23.2 Å². The quantitative estimate of drug-likeness (QED) is 0.461. The maximum absolute atomic E-state index is 6.27. The molecule has 0 N–H and O–H groups in total. The van der Waals surface area contributed by atoms with Crippen LogP contribution in [0.25, 0.3) is 21.5 Å². The standard InChI is InChI=1S/C15H10Cl2/c1-9-11-5-3-6-13(16)12(11)8-10-4-2-7-14(17)15(9)10/h2-8H,1H3. The van der Waals surface area contributed by atoms with Crippen molar-refractivity contribution in [2.45, 2.75) is 6.92 Å². The maximum Gasteiger partial charge on any atom is 0.0487 e. The highest BCUT2D eigenvalue weighted by Crippen LogP contribution is 2.35. The molecule has 0 atom stereocenters. The first kappa shape index (κ1) is 10.9. The van der Waals surface area contributed by atoms with Gasteiger partial charge in [0.15, 0.2) is 0 Å². The Kier molecular flexibility index (Phi) is 2.50. The highest BCUT2D eigenvalue weighted by Gasteiger charge is 2.08. The SMILES string of the molecule is Cc1c2cccc(Cl)c2cc2cccc(Cl)c12. The van der Waals surface area contributed by atoms with E-state index in [-0.39, 0.29) is 0 Å². The number of hydrogen-bond donors (Lipinski definition) is 0. The summed E-state index contributed by atoms with van der Waals surface area (Å²) in [5, 5.41) is 6.08. The third-order valence-corrected chi connectivity index (χ3v) is 3.82. The molecule has 0 nitrogen and oxygen atoms in total. The van der Waals surface area contributed by atoms with E-state index in [1.807, 2.05) is 24.3 Å². The van der Waals surface area contributed by atoms with Crippen LogP contribution < -0.4 is 0 Å². The summed E-state index contributed by atoms with van der Waals surface area (Å²) in [6.45, 7) is 2.09. The lowest BCUT2D eigenvalue weighted by molar-refractivity contribution is 1.58. The molecule has 0 aliphatic carbocycles. The van der Waals surface area contributed by atoms with Gasteiger partial charge in [-0.1, -0.05) is 47.5 Å². The molecule has 0 aromatic heterocycles. The van der Waals surface area contributed by atoms with Crippen LogP contribution in [0.3, 0.4) is 0 Å². The fourth-order valence-electron chi connectivity index (χ4n) is 2.36. The van der Waals surface area contributed by atoms with Crippen molar-refractivity contribution >= 4 is 44.7 Å². The fraction of sp³-hybridized carbons (Fsp3) is 0.0667. The molecule has 0 heterocycles. The highest BCUT2D eigenvalue weighted by atomic mass is 35.5. The van der Waals surface area contributed by atoms with Gasteiger partial charge in [-0.15, -0.1) is 0 Å². The Bertz CT molecular complexity index is 730. The number of halogens is 2. The van der Waals surface area contributed by atoms with E-state index in [0.29, 0.717) is 0 Å². The zero-order valence-corrected chi connectivity index (χ0v) is 10.8. The average Bonchev–Trinajstić information content (AvgIpc) is 2.31. The van der Waals surface area contributed by atoms with Crippen molar-refractivity contribution in [3.63, 3.8) is 0 Å². The summed E-state index contributed by atoms with van der Waals surface area (Å²) in [6, 6.07) is 14.0. The zero-order valence-electron chi connectivity index (χ0n) is 9.30. The average molecular weight is 261 g/mol. The van der Waals surface area contributed by atoms with Gasteiger partial charge in [0, 0.05) is 20.8 Å². The van der Waals surface area contributed by atoms with Crippen molar-refractivity contribution < 1.29 is 0 Å². The third-order valence-electron chi connectivity index (χ3n) is 3.18. The maximum atomic E-state index is 6.27. The summed E-state index contributed by atoms with van der Waals surface area (Å²) in [4.78, 5) is 0. The van der Waals surface area contributed by atoms with E-state index >= 15 is 0 Å². The predicted octanol–water partition coefficient (Wildman–Crippen LogP) is 5.61. The molecule has 0 bridgehead atoms. The monoisotopic (exact) mass is 260 g/mol. The van der Waals surface area contributed by atoms with E-state index in [9.17, 15) is 0 Å². The Morgan fingerprint density at radius 1 is 0.824 bits per heavy atom. The van der Waals surface area contributed by atoms with E-state index in [1.165, 1.54) is 5.56 Å². The molecule has 84 valence electrons. The molecule has 0 radical (unpaired) electrons. The molecule has 0 amide bonds. The van der Waals surface area contributed by atoms with E-state index in [0.717, 1.165) is 31.6 Å². The number of fused-ring (bicyclic) bond motifs is 2. The van der Waals surface area contributed by atoms with Crippen LogP contribution in [0.4, 0.5) is 0 Å². The second-order valence-corrected chi connectivity index (χ2v) is 4.99. The molecular formula is C15H10Cl2. The van der Waals surface area contributed by atoms with E-state index < -0.39 is 0 Å². The molecular weight excluding hydrogens is 251 g/mol. The predicted molar refractivity (Wildman–Crippen MR) is 76.2 cm³/mol. The molecule has 0 saturated carbocycles. The molecule has 17 heavy (non-hydrogen) atoms. The van der Waals surface area contributed by atoms with Crippen LogP contribution in [-0.4, -0.2) is 0 Å². The van der Waals surface area contributed by atoms with Crippen molar-refractivity contribution in [1.29, 1.82) is 0 Å². The molecule has 0 aliphatic heterocycles. The van der Waals surface area contributed by atoms with Gasteiger partial charge in [0.2, 0.25) is 0 Å². The van der Waals surface area contributed by atoms with Crippen LogP contribution in [0.15, 0.2) is 42.5 Å². The van der Waals surface area contributed by atoms with Gasteiger partial charge < -0.3 is 0 Å². The first-order chi connectivity index (χ1) is 8.18. The van der Waals surface area contributed by atoms with Crippen LogP contribution in [0.2, 0.25) is 10.0 Å². The van der Waals surface area contributed by atoms with Gasteiger partial charge in [0.1, 0.15) is 0 Å². The molecule has 0 fully saturated rings. The lowest BCUT2D eigenvalue weighted by Crippen LogP contribution is -1.84. The summed E-state index contributed by atoms with van der Waals surface area (Å²) >= 11 is 12.5. The summed E-state index contributed by atoms with van der Waals surface area (Å²) in [7, 11) is 0. The third kappa shape index (κ3) is 1.60. The molecule has 0 aliphatic rings. The van der Waals surface area contributed by atoms with E-state index in [1.54, 1.807) is 0 Å². The molecule has 0 unspecified atom stereocenters. The fourth-order valence-corrected chi connectivity index (χ4v) is 2.91. The topological polar surface area (TPSA) is 0 Å². The molecule has 3 aromatic carbocycles. The van der Waals surface area contributed by atoms with Crippen LogP contribution in [0, 0.1) is 6.92 Å². The van der Waals surface area contributed by atoms with Crippen molar-refractivity contribution in [3.05, 3.63) is 58.1 Å². The smallest absolute Gasteiger partial charge is 0.0487 e. The minimum absolute atomic E-state index is 0.785. The first-order valence-corrected chi connectivity index (χ1v) is 6.20. The minimum atomic E-state index is 0.785. The first-order valence-electron chi connectivity index (χ1n) is 5.44. The van der Waals surface area contributed by atoms with Crippen molar-refractivity contribution in [2.75, 3.05) is 0 Å². The van der Waals surface area contributed by atoms with Gasteiger partial charge in [-0.25, -0.2) is 0 Å². The van der Waals surface area contributed by atoms with Crippen molar-refractivity contribution in [1.82, 2.24) is 0 Å². The molecule has 3 aromatic rings. The van der Waals surface area contributed by atoms with Gasteiger partial charge >= 0.3 is 0 Å². The molecule has 2 heteroatoms. The second-order valence-electron chi connectivity index (χ2n) is 4.17. The number of aryl methyl sites for hydroxylation is 1. The Morgan fingerprint density at radius 3 is 2.35 bits per heavy atom. The Morgan fingerprint density at radius 2 is 1.53 bits per heavy atom. The molecule has 0 spiro atoms. The number of hydrogen-bond acceptors (Lipinski definition) is 0.